The Morgan fingerprint density at radius 3 is 0.0135 bits per heavy atom. The second kappa shape index (κ2) is 519. The van der Waals surface area contributed by atoms with Gasteiger partial charge in [0.05, 0.1) is 0 Å². The zero-order valence-corrected chi connectivity index (χ0v) is 183. The summed E-state index contributed by atoms with van der Waals surface area (Å²) in [6.45, 7) is 0. The summed E-state index contributed by atoms with van der Waals surface area (Å²) in [7, 11) is 0. The molecule has 0 amide bonds. The number of hydrogen-bond acceptors (Lipinski definition) is 0. The average Bonchev–Trinajstić information content (AvgIpc) is 0. The van der Waals surface area contributed by atoms with Gasteiger partial charge in [-0.15, -0.1) is 0 Å². The molecule has 0 aliphatic heterocycles. The van der Waals surface area contributed by atoms with E-state index in [1.54, 1.807) is 0 Å². The largest absolute Gasteiger partial charge is 0 e. The van der Waals surface area contributed by atoms with Crippen molar-refractivity contribution >= 4 is 0 Å². The van der Waals surface area contributed by atoms with Gasteiger partial charge >= 0.3 is 0 Å². The van der Waals surface area contributed by atoms with Crippen LogP contribution in [0.2, 0.25) is 0 Å². The molecule has 0 aromatic heterocycles. The molecular weight excluding hydrogens is 11800 g/mol. The fourth-order valence-electron chi connectivity index (χ4n) is 0. The van der Waals surface area contributed by atoms with Gasteiger partial charge in [-0.05, 0) is 0 Å². The third kappa shape index (κ3) is 510. The van der Waals surface area contributed by atoms with Crippen LogP contribution in [0.3, 0.4) is 0 Å². The van der Waals surface area contributed by atoms with Crippen molar-refractivity contribution in [3.05, 3.63) is 0 Å². The minimum atomic E-state index is 0. The maximum absolute atomic E-state index is 0. The summed E-state index contributed by atoms with van der Waals surface area (Å²) in [6, 6.07) is 0. The van der Waals surface area contributed by atoms with Crippen LogP contribution in [-0.4, -0.2) is 0 Å². The Balaban J connectivity index is 0. The first-order valence-electron chi connectivity index (χ1n) is 0. The topological polar surface area (TPSA) is 0 Å². The molecule has 0 saturated carbocycles. The molecule has 0 rings (SSSR count). The van der Waals surface area contributed by atoms with E-state index < -0.39 is 0 Å². The molecule has 74 radical (unpaired) electrons. The van der Waals surface area contributed by atoms with E-state index in [-0.39, 0.29) is 2860 Å². The minimum absolute atomic E-state index is 0. The van der Waals surface area contributed by atoms with Gasteiger partial charge in [0.2, 0.25) is 0 Å². The van der Waals surface area contributed by atoms with E-state index in [1.165, 1.54) is 0 Å². The maximum atomic E-state index is 0. The van der Waals surface area contributed by atoms with Crippen LogP contribution >= 0.6 is 0 Å². The van der Waals surface area contributed by atoms with Crippen molar-refractivity contribution in [2.75, 3.05) is 0 Å². The van der Waals surface area contributed by atoms with Crippen LogP contribution in [0.1, 0.15) is 0 Å². The second-order valence-electron chi connectivity index (χ2n) is 0. The van der Waals surface area contributed by atoms with Crippen molar-refractivity contribution < 1.29 is 2860 Å². The molecule has 0 N–H and O–H groups in total. The third-order valence-corrected chi connectivity index (χ3v) is 0. The van der Waals surface area contributed by atoms with Crippen LogP contribution in [0.15, 0.2) is 0 Å². The fourth-order valence-corrected chi connectivity index (χ4v) is 0. The summed E-state index contributed by atoms with van der Waals surface area (Å²) >= 11 is 0. The Kier molecular flexibility index (Phi) is 3700. The molecule has 0 aliphatic carbocycles. The Morgan fingerprint density at radius 1 is 0.0135 bits per heavy atom. The zero-order valence-electron chi connectivity index (χ0n) is 24.7. The van der Waals surface area contributed by atoms with Gasteiger partial charge in [0, 0.05) is 2860 Å². The average molecular weight is 11800 g/mol. The summed E-state index contributed by atoms with van der Waals surface area (Å²) in [5, 5.41) is 0. The van der Waals surface area contributed by atoms with Gasteiger partial charge in [0.1, 0.15) is 0 Å². The van der Waals surface area contributed by atoms with Crippen molar-refractivity contribution in [3.63, 3.8) is 0 Å². The monoisotopic (exact) mass is 11800 g/mol. The Labute approximate surface area is 2730 Å². The summed E-state index contributed by atoms with van der Waals surface area (Å²) in [5.74, 6) is 0. The quantitative estimate of drug-likeness (QED) is 0.321. The van der Waals surface area contributed by atoms with Gasteiger partial charge in [0.15, 0.2) is 0 Å². The first-order valence-corrected chi connectivity index (χ1v) is 0. The molecule has 0 aliphatic rings. The predicted octanol–water partition coefficient (Wildman–Crippen LogP) is 0. The molecule has 0 bridgehead atoms. The van der Waals surface area contributed by atoms with Crippen molar-refractivity contribution in [1.29, 1.82) is 0 Å². The molecule has 0 atom stereocenters. The van der Waals surface area contributed by atoms with Crippen molar-refractivity contribution in [2.45, 2.75) is 0 Å². The standard InChI is InChI=1S/74Tb. The Bertz CT molecular complexity index is 0. The van der Waals surface area contributed by atoms with E-state index >= 15 is 0 Å². The molecule has 666 valence electrons. The molecule has 0 aromatic rings. The van der Waals surface area contributed by atoms with Gasteiger partial charge in [0.25, 0.3) is 0 Å². The molecule has 0 nitrogen and oxygen atoms in total. The fraction of sp³-hybridized carbons (Fsp3) is 0. The smallest absolute Gasteiger partial charge is 0 e. The van der Waals surface area contributed by atoms with Crippen molar-refractivity contribution in [1.82, 2.24) is 0 Å². The van der Waals surface area contributed by atoms with Crippen LogP contribution in [0, 0.1) is 2860 Å². The van der Waals surface area contributed by atoms with Gasteiger partial charge in [-0.25, -0.2) is 0 Å². The van der Waals surface area contributed by atoms with Gasteiger partial charge < -0.3 is 0 Å². The molecule has 0 spiro atoms. The maximum Gasteiger partial charge on any atom is 0 e. The summed E-state index contributed by atoms with van der Waals surface area (Å²) in [4.78, 5) is 0. The van der Waals surface area contributed by atoms with Gasteiger partial charge in [-0.1, -0.05) is 0 Å². The normalized spacial score (nSPS) is 0. The summed E-state index contributed by atoms with van der Waals surface area (Å²) in [5.41, 5.74) is 0. The molecule has 74 heavy (non-hydrogen) atoms. The van der Waals surface area contributed by atoms with Crippen LogP contribution < -0.4 is 0 Å². The molecule has 0 fully saturated rings. The van der Waals surface area contributed by atoms with Crippen LogP contribution in [0.4, 0.5) is 0 Å². The number of rotatable bonds is 0. The van der Waals surface area contributed by atoms with Gasteiger partial charge in [-0.3, -0.25) is 0 Å². The van der Waals surface area contributed by atoms with Crippen molar-refractivity contribution in [2.24, 2.45) is 0 Å². The molecule has 0 saturated heterocycles. The first-order chi connectivity index (χ1) is 0. The van der Waals surface area contributed by atoms with Crippen LogP contribution in [0.5, 0.6) is 0 Å². The van der Waals surface area contributed by atoms with E-state index in [1.807, 2.05) is 0 Å². The van der Waals surface area contributed by atoms with Gasteiger partial charge in [-0.2, -0.15) is 0 Å². The Hall–Kier alpha value is 95.1. The van der Waals surface area contributed by atoms with E-state index in [4.69, 9.17) is 0 Å². The van der Waals surface area contributed by atoms with Crippen LogP contribution in [0.25, 0.3) is 0 Å². The Morgan fingerprint density at radius 2 is 0.0135 bits per heavy atom. The first kappa shape index (κ1) is 528. The predicted molar refractivity (Wildman–Crippen MR) is 0 cm³/mol. The van der Waals surface area contributed by atoms with E-state index in [0.717, 1.165) is 0 Å². The molecule has 0 heterocycles. The molecular formula is Tb74. The summed E-state index contributed by atoms with van der Waals surface area (Å²) < 4.78 is 0. The molecule has 0 aromatic carbocycles. The van der Waals surface area contributed by atoms with Crippen LogP contribution in [-0.2, 0) is 0 Å². The minimum Gasteiger partial charge on any atom is 0 e. The summed E-state index contributed by atoms with van der Waals surface area (Å²) in [6.07, 6.45) is 0. The van der Waals surface area contributed by atoms with E-state index in [9.17, 15) is 0 Å². The molecule has 74 heteroatoms. The van der Waals surface area contributed by atoms with E-state index in [0.29, 0.717) is 0 Å². The number of hydrogen-bond donors (Lipinski definition) is 0. The third-order valence-electron chi connectivity index (χ3n) is 0. The molecule has 0 unspecified atom stereocenters. The van der Waals surface area contributed by atoms with Crippen molar-refractivity contribution in [3.8, 4) is 0 Å². The second-order valence-corrected chi connectivity index (χ2v) is 0. The van der Waals surface area contributed by atoms with E-state index in [2.05, 4.69) is 0 Å². The SMILES string of the molecule is [Tb].[Tb].[Tb].[Tb].[Tb].[Tb].[Tb].[Tb].[Tb].[Tb].[Tb].[Tb].[Tb].[Tb].[Tb].[Tb].[Tb].[Tb].[Tb].[Tb].[Tb].[Tb].[Tb].[Tb].[Tb].[Tb].[Tb].[Tb].[Tb].[Tb].[Tb].[Tb].[Tb].[Tb].[Tb].[Tb].[Tb].[Tb].[Tb].[Tb].[Tb].[Tb].[Tb].[Tb].[Tb].[Tb].[Tb].[Tb].[Tb].[Tb].[Tb].[Tb].[Tb].[Tb].[Tb].[Tb].[Tb].[Tb].[Tb].[Tb].[Tb].[Tb].[Tb].[Tb].[Tb].[Tb].[Tb].[Tb].[Tb].[Tb].[Tb].[Tb].[Tb].[Tb]. The zero-order chi connectivity index (χ0) is 0.